The van der Waals surface area contributed by atoms with Gasteiger partial charge in [0.05, 0.1) is 4.92 Å². The summed E-state index contributed by atoms with van der Waals surface area (Å²) >= 11 is 0. The lowest BCUT2D eigenvalue weighted by Crippen LogP contribution is -2.82. The normalized spacial score (nSPS) is 19.3. The van der Waals surface area contributed by atoms with Gasteiger partial charge in [0.25, 0.3) is 0 Å². The van der Waals surface area contributed by atoms with Crippen molar-refractivity contribution in [3.63, 3.8) is 0 Å². The Balaban J connectivity index is 1.60. The van der Waals surface area contributed by atoms with Crippen LogP contribution in [-0.4, -0.2) is 38.3 Å². The summed E-state index contributed by atoms with van der Waals surface area (Å²) in [5.41, 5.74) is 1.88. The number of ether oxygens (including phenoxy) is 2. The second kappa shape index (κ2) is 7.67. The highest BCUT2D eigenvalue weighted by Crippen LogP contribution is 2.28. The monoisotopic (exact) mass is 362 g/mol. The molecule has 0 radical (unpaired) electrons. The van der Waals surface area contributed by atoms with Crippen molar-refractivity contribution in [1.82, 2.24) is 0 Å². The molecule has 2 atom stereocenters. The zero-order valence-electron chi connectivity index (χ0n) is 14.6. The first kappa shape index (κ1) is 18.1. The van der Waals surface area contributed by atoms with Gasteiger partial charge in [-0.15, -0.1) is 0 Å². The zero-order chi connectivity index (χ0) is 18.7. The van der Waals surface area contributed by atoms with Crippen molar-refractivity contribution in [2.75, 3.05) is 32.1 Å². The number of nitrogens with two attached hydrogens (primary N) is 1. The van der Waals surface area contributed by atoms with Crippen LogP contribution in [0.5, 0.6) is 5.75 Å². The molecule has 2 aromatic carbocycles. The van der Waals surface area contributed by atoms with Crippen molar-refractivity contribution in [2.45, 2.75) is 12.3 Å². The Morgan fingerprint density at radius 3 is 2.69 bits per heavy atom. The lowest BCUT2D eigenvalue weighted by molar-refractivity contribution is -0.697. The molecule has 1 fully saturated rings. The number of nitro benzene ring substituents is 1. The van der Waals surface area contributed by atoms with Gasteiger partial charge in [-0.1, -0.05) is 0 Å². The molecule has 0 saturated carbocycles. The van der Waals surface area contributed by atoms with Crippen molar-refractivity contribution < 1.29 is 24.1 Å². The first-order valence-electron chi connectivity index (χ1n) is 8.27. The summed E-state index contributed by atoms with van der Waals surface area (Å²) in [5.74, 6) is -0.666. The maximum absolute atomic E-state index is 13.3. The molecule has 2 N–H and O–H groups in total. The summed E-state index contributed by atoms with van der Waals surface area (Å²) in [4.78, 5) is 12.4. The summed E-state index contributed by atoms with van der Waals surface area (Å²) in [6.07, 6.45) is -0.390. The largest absolute Gasteiger partial charge is 0.484 e. The van der Waals surface area contributed by atoms with E-state index in [4.69, 9.17) is 9.47 Å². The molecule has 0 spiro atoms. The summed E-state index contributed by atoms with van der Waals surface area (Å²) in [5, 5.41) is 13.0. The molecule has 3 rings (SSSR count). The number of hydrogen-bond donors (Lipinski definition) is 1. The van der Waals surface area contributed by atoms with E-state index in [1.165, 1.54) is 0 Å². The van der Waals surface area contributed by atoms with Crippen molar-refractivity contribution in [2.24, 2.45) is 0 Å². The number of nitrogens with zero attached hydrogens (tertiary/aromatic N) is 2. The molecule has 0 unspecified atom stereocenters. The molecule has 0 aromatic heterocycles. The average Bonchev–Trinajstić information content (AvgIpc) is 3.09. The van der Waals surface area contributed by atoms with E-state index in [2.05, 4.69) is 0 Å². The Bertz CT molecular complexity index is 783. The van der Waals surface area contributed by atoms with Gasteiger partial charge in [-0.25, -0.2) is 4.39 Å². The fourth-order valence-electron chi connectivity index (χ4n) is 2.82. The molecular formula is C18H21FN3O4+. The lowest BCUT2D eigenvalue weighted by Gasteiger charge is -2.14. The highest BCUT2D eigenvalue weighted by molar-refractivity contribution is 5.47. The average molecular weight is 362 g/mol. The van der Waals surface area contributed by atoms with Gasteiger partial charge in [-0.2, -0.15) is 0 Å². The van der Waals surface area contributed by atoms with Crippen LogP contribution in [0.25, 0.3) is 0 Å². The Kier molecular flexibility index (Phi) is 5.34. The van der Waals surface area contributed by atoms with E-state index in [9.17, 15) is 14.5 Å². The minimum absolute atomic E-state index is 0.0858. The van der Waals surface area contributed by atoms with Crippen LogP contribution in [0.4, 0.5) is 15.8 Å². The quantitative estimate of drug-likeness (QED) is 0.626. The molecule has 26 heavy (non-hydrogen) atoms. The third kappa shape index (κ3) is 4.09. The van der Waals surface area contributed by atoms with Crippen LogP contribution in [0.15, 0.2) is 42.5 Å². The van der Waals surface area contributed by atoms with E-state index in [0.29, 0.717) is 6.54 Å². The van der Waals surface area contributed by atoms with Crippen LogP contribution < -0.4 is 15.0 Å². The number of halogens is 1. The molecule has 0 aliphatic carbocycles. The van der Waals surface area contributed by atoms with E-state index in [1.807, 2.05) is 48.6 Å². The Labute approximate surface area is 150 Å². The van der Waals surface area contributed by atoms with Gasteiger partial charge in [0, 0.05) is 37.5 Å². The second-order valence-electron chi connectivity index (χ2n) is 6.32. The fourth-order valence-corrected chi connectivity index (χ4v) is 2.82. The molecule has 0 amide bonds. The van der Waals surface area contributed by atoms with Crippen molar-refractivity contribution in [3.8, 4) is 5.75 Å². The maximum atomic E-state index is 13.3. The Morgan fingerprint density at radius 2 is 2.04 bits per heavy atom. The third-order valence-corrected chi connectivity index (χ3v) is 4.23. The smallest absolute Gasteiger partial charge is 0.311 e. The molecule has 2 aromatic rings. The van der Waals surface area contributed by atoms with Crippen molar-refractivity contribution >= 4 is 11.4 Å². The minimum Gasteiger partial charge on any atom is -0.484 e. The van der Waals surface area contributed by atoms with E-state index in [1.54, 1.807) is 0 Å². The van der Waals surface area contributed by atoms with Crippen molar-refractivity contribution in [3.05, 3.63) is 64.0 Å². The molecule has 1 aliphatic heterocycles. The first-order valence-corrected chi connectivity index (χ1v) is 8.27. The molecule has 1 heterocycles. The minimum atomic E-state index is -0.592. The van der Waals surface area contributed by atoms with E-state index in [0.717, 1.165) is 29.4 Å². The summed E-state index contributed by atoms with van der Waals surface area (Å²) < 4.78 is 24.7. The highest BCUT2D eigenvalue weighted by Gasteiger charge is 2.31. The second-order valence-corrected chi connectivity index (χ2v) is 6.32. The number of hydrogen-bond acceptors (Lipinski definition) is 5. The maximum Gasteiger partial charge on any atom is 0.311 e. The van der Waals surface area contributed by atoms with Gasteiger partial charge in [0.15, 0.2) is 5.75 Å². The third-order valence-electron chi connectivity index (χ3n) is 4.23. The predicted octanol–water partition coefficient (Wildman–Crippen LogP) is 1.84. The molecule has 1 aliphatic rings. The van der Waals surface area contributed by atoms with Gasteiger partial charge in [-0.3, -0.25) is 10.1 Å². The molecule has 138 valence electrons. The van der Waals surface area contributed by atoms with Crippen LogP contribution in [0.2, 0.25) is 0 Å². The number of quaternary nitrogens is 1. The first-order chi connectivity index (χ1) is 12.4. The van der Waals surface area contributed by atoms with E-state index in [-0.39, 0.29) is 30.4 Å². The highest BCUT2D eigenvalue weighted by atomic mass is 19.1. The Morgan fingerprint density at radius 1 is 1.31 bits per heavy atom. The van der Waals surface area contributed by atoms with E-state index < -0.39 is 10.7 Å². The van der Waals surface area contributed by atoms with Crippen molar-refractivity contribution in [1.29, 1.82) is 0 Å². The Hall–Kier alpha value is -2.71. The number of benzene rings is 2. The number of anilines is 1. The molecule has 0 bridgehead atoms. The van der Waals surface area contributed by atoms with Crippen LogP contribution in [-0.2, 0) is 4.74 Å². The summed E-state index contributed by atoms with van der Waals surface area (Å²) in [6.45, 7) is 0.774. The standard InChI is InChI=1S/C18H20FN3O4/c1-21(2)14-6-3-12(4-7-14)18-20-10-15(26-18)11-25-17-9-13(19)5-8-16(17)22(23)24/h3-9,15,18,20H,10-11H2,1-2H3/p+1/t15-,18-/m0/s1. The van der Waals surface area contributed by atoms with Crippen LogP contribution in [0.1, 0.15) is 11.8 Å². The van der Waals surface area contributed by atoms with Crippen LogP contribution in [0.3, 0.4) is 0 Å². The fraction of sp³-hybridized carbons (Fsp3) is 0.333. The van der Waals surface area contributed by atoms with Gasteiger partial charge in [0.1, 0.15) is 25.1 Å². The van der Waals surface area contributed by atoms with Crippen LogP contribution in [0, 0.1) is 15.9 Å². The molecule has 8 heteroatoms. The predicted molar refractivity (Wildman–Crippen MR) is 93.7 cm³/mol. The summed E-state index contributed by atoms with van der Waals surface area (Å²) in [6, 6.07) is 11.2. The SMILES string of the molecule is CN(C)c1ccc([C@H]2[NH2+]C[C@@H](COc3cc(F)ccc3[N+](=O)[O-])O2)cc1. The topological polar surface area (TPSA) is 81.5 Å². The van der Waals surface area contributed by atoms with Gasteiger partial charge in [-0.05, 0) is 30.3 Å². The summed E-state index contributed by atoms with van der Waals surface area (Å²) in [7, 11) is 3.96. The lowest BCUT2D eigenvalue weighted by atomic mass is 10.2. The number of rotatable bonds is 6. The molecule has 1 saturated heterocycles. The van der Waals surface area contributed by atoms with Crippen LogP contribution >= 0.6 is 0 Å². The van der Waals surface area contributed by atoms with Gasteiger partial charge in [0.2, 0.25) is 6.23 Å². The van der Waals surface area contributed by atoms with Gasteiger partial charge < -0.3 is 19.7 Å². The number of nitro groups is 1. The zero-order valence-corrected chi connectivity index (χ0v) is 14.6. The molecule has 7 nitrogen and oxygen atoms in total. The van der Waals surface area contributed by atoms with E-state index >= 15 is 0 Å². The van der Waals surface area contributed by atoms with Gasteiger partial charge >= 0.3 is 5.69 Å². The molecular weight excluding hydrogens is 341 g/mol.